The van der Waals surface area contributed by atoms with Crippen molar-refractivity contribution < 1.29 is 14.3 Å². The van der Waals surface area contributed by atoms with Crippen LogP contribution in [-0.2, 0) is 4.74 Å². The van der Waals surface area contributed by atoms with Gasteiger partial charge in [0.15, 0.2) is 5.82 Å². The van der Waals surface area contributed by atoms with Crippen LogP contribution in [-0.4, -0.2) is 44.4 Å². The van der Waals surface area contributed by atoms with Crippen LogP contribution in [0, 0.1) is 0 Å². The van der Waals surface area contributed by atoms with Crippen molar-refractivity contribution in [3.8, 4) is 5.82 Å². The summed E-state index contributed by atoms with van der Waals surface area (Å²) in [5.41, 5.74) is 0.229. The number of nitrogens with one attached hydrogen (secondary N) is 2. The Morgan fingerprint density at radius 1 is 1.15 bits per heavy atom. The van der Waals surface area contributed by atoms with Crippen LogP contribution < -0.4 is 10.6 Å². The quantitative estimate of drug-likeness (QED) is 0.613. The zero-order valence-electron chi connectivity index (χ0n) is 20.5. The first kappa shape index (κ1) is 24.7. The Hall–Kier alpha value is -2.90. The molecule has 1 saturated carbocycles. The zero-order chi connectivity index (χ0) is 24.1. The predicted octanol–water partition coefficient (Wildman–Crippen LogP) is 4.74. The summed E-state index contributed by atoms with van der Waals surface area (Å²) in [6.45, 7) is 9.95. The van der Waals surface area contributed by atoms with Crippen molar-refractivity contribution in [3.63, 3.8) is 0 Å². The molecule has 0 saturated heterocycles. The van der Waals surface area contributed by atoms with Gasteiger partial charge in [0, 0.05) is 12.7 Å². The van der Waals surface area contributed by atoms with Crippen LogP contribution in [0.25, 0.3) is 5.82 Å². The molecule has 8 nitrogen and oxygen atoms in total. The lowest BCUT2D eigenvalue weighted by molar-refractivity contribution is 0.0437. The lowest BCUT2D eigenvalue weighted by Crippen LogP contribution is -2.56. The van der Waals surface area contributed by atoms with Crippen molar-refractivity contribution in [1.29, 1.82) is 0 Å². The fourth-order valence-corrected chi connectivity index (χ4v) is 4.37. The molecule has 1 aliphatic carbocycles. The van der Waals surface area contributed by atoms with Crippen LogP contribution in [0.5, 0.6) is 0 Å². The van der Waals surface area contributed by atoms with E-state index in [4.69, 9.17) is 4.74 Å². The molecule has 0 bridgehead atoms. The van der Waals surface area contributed by atoms with Crippen molar-refractivity contribution in [3.05, 3.63) is 41.9 Å². The molecular formula is C25H37N5O3. The van der Waals surface area contributed by atoms with Crippen molar-refractivity contribution in [2.24, 2.45) is 0 Å². The van der Waals surface area contributed by atoms with Crippen molar-refractivity contribution in [1.82, 2.24) is 25.4 Å². The second-order valence-corrected chi connectivity index (χ2v) is 10.2. The van der Waals surface area contributed by atoms with Gasteiger partial charge in [0.1, 0.15) is 5.60 Å². The van der Waals surface area contributed by atoms with E-state index in [-0.39, 0.29) is 11.8 Å². The molecule has 0 aliphatic heterocycles. The van der Waals surface area contributed by atoms with Gasteiger partial charge in [0.2, 0.25) is 0 Å². The van der Waals surface area contributed by atoms with Crippen LogP contribution in [0.3, 0.4) is 0 Å². The molecule has 0 spiro atoms. The average Bonchev–Trinajstić information content (AvgIpc) is 3.07. The Bertz CT molecular complexity index is 939. The highest BCUT2D eigenvalue weighted by molar-refractivity contribution is 5.95. The summed E-state index contributed by atoms with van der Waals surface area (Å²) >= 11 is 0. The number of aromatic nitrogens is 3. The fourth-order valence-electron chi connectivity index (χ4n) is 4.37. The maximum Gasteiger partial charge on any atom is 0.408 e. The highest BCUT2D eigenvalue weighted by Crippen LogP contribution is 2.28. The minimum absolute atomic E-state index is 0.0713. The molecule has 3 rings (SSSR count). The number of nitrogens with zero attached hydrogens (tertiary/aromatic N) is 3. The summed E-state index contributed by atoms with van der Waals surface area (Å²) in [5.74, 6) is 0.546. The minimum atomic E-state index is -0.578. The van der Waals surface area contributed by atoms with E-state index >= 15 is 0 Å². The van der Waals surface area contributed by atoms with E-state index < -0.39 is 17.2 Å². The van der Waals surface area contributed by atoms with E-state index in [9.17, 15) is 9.59 Å². The van der Waals surface area contributed by atoms with Crippen LogP contribution in [0.1, 0.15) is 95.1 Å². The molecule has 2 amide bonds. The number of hydrogen-bond acceptors (Lipinski definition) is 5. The molecule has 2 aromatic heterocycles. The van der Waals surface area contributed by atoms with Gasteiger partial charge in [-0.15, -0.1) is 0 Å². The van der Waals surface area contributed by atoms with Gasteiger partial charge in [-0.25, -0.2) is 14.5 Å². The lowest BCUT2D eigenvalue weighted by Gasteiger charge is -2.35. The van der Waals surface area contributed by atoms with Crippen LogP contribution in [0.15, 0.2) is 30.6 Å². The highest BCUT2D eigenvalue weighted by atomic mass is 16.6. The number of pyridine rings is 1. The molecule has 0 atom stereocenters. The van der Waals surface area contributed by atoms with E-state index in [1.165, 1.54) is 0 Å². The topological polar surface area (TPSA) is 98.1 Å². The maximum atomic E-state index is 13.3. The number of alkyl carbamates (subject to hydrolysis) is 1. The largest absolute Gasteiger partial charge is 0.444 e. The first-order valence-corrected chi connectivity index (χ1v) is 11.9. The van der Waals surface area contributed by atoms with E-state index in [0.29, 0.717) is 17.9 Å². The van der Waals surface area contributed by atoms with Gasteiger partial charge in [0.05, 0.1) is 23.0 Å². The molecule has 2 aromatic rings. The minimum Gasteiger partial charge on any atom is -0.444 e. The molecule has 1 fully saturated rings. The second kappa shape index (κ2) is 10.4. The summed E-state index contributed by atoms with van der Waals surface area (Å²) in [4.78, 5) is 30.2. The predicted molar refractivity (Wildman–Crippen MR) is 128 cm³/mol. The Morgan fingerprint density at radius 2 is 1.85 bits per heavy atom. The van der Waals surface area contributed by atoms with Gasteiger partial charge in [-0.2, -0.15) is 5.10 Å². The second-order valence-electron chi connectivity index (χ2n) is 10.2. The highest BCUT2D eigenvalue weighted by Gasteiger charge is 2.35. The van der Waals surface area contributed by atoms with Crippen molar-refractivity contribution in [2.45, 2.75) is 90.2 Å². The Labute approximate surface area is 196 Å². The van der Waals surface area contributed by atoms with Gasteiger partial charge in [-0.3, -0.25) is 4.79 Å². The third kappa shape index (κ3) is 6.55. The monoisotopic (exact) mass is 455 g/mol. The SMILES string of the molecule is CC(C)c1c(C(=O)NCC2(NC(=O)OC(C)(C)C)CCCCCC2)cnn1-c1ccccn1. The van der Waals surface area contributed by atoms with Crippen molar-refractivity contribution >= 4 is 12.0 Å². The van der Waals surface area contributed by atoms with Gasteiger partial charge in [-0.05, 0) is 51.7 Å². The zero-order valence-corrected chi connectivity index (χ0v) is 20.5. The van der Waals surface area contributed by atoms with Crippen LogP contribution >= 0.6 is 0 Å². The summed E-state index contributed by atoms with van der Waals surface area (Å²) in [6, 6.07) is 5.61. The van der Waals surface area contributed by atoms with Gasteiger partial charge >= 0.3 is 6.09 Å². The number of hydrogen-bond donors (Lipinski definition) is 2. The van der Waals surface area contributed by atoms with E-state index in [2.05, 4.69) is 20.7 Å². The molecule has 33 heavy (non-hydrogen) atoms. The summed E-state index contributed by atoms with van der Waals surface area (Å²) in [7, 11) is 0. The Kier molecular flexibility index (Phi) is 7.76. The average molecular weight is 456 g/mol. The van der Waals surface area contributed by atoms with Crippen LogP contribution in [0.2, 0.25) is 0 Å². The van der Waals surface area contributed by atoms with E-state index in [0.717, 1.165) is 44.2 Å². The summed E-state index contributed by atoms with van der Waals surface area (Å²) in [6.07, 6.45) is 8.72. The molecule has 0 radical (unpaired) electrons. The smallest absolute Gasteiger partial charge is 0.408 e. The molecule has 1 aliphatic rings. The first-order chi connectivity index (χ1) is 15.6. The molecule has 2 heterocycles. The van der Waals surface area contributed by atoms with E-state index in [1.54, 1.807) is 17.1 Å². The molecule has 0 aromatic carbocycles. The van der Waals surface area contributed by atoms with E-state index in [1.807, 2.05) is 52.8 Å². The number of ether oxygens (including phenoxy) is 1. The summed E-state index contributed by atoms with van der Waals surface area (Å²) < 4.78 is 7.24. The third-order valence-corrected chi connectivity index (χ3v) is 5.88. The number of rotatable bonds is 6. The molecular weight excluding hydrogens is 418 g/mol. The standard InChI is InChI=1S/C25H37N5O3/c1-18(2)21-19(16-28-30(21)20-12-8-11-15-26-20)22(31)27-17-25(13-9-6-7-10-14-25)29-23(32)33-24(3,4)5/h8,11-12,15-16,18H,6-7,9-10,13-14,17H2,1-5H3,(H,27,31)(H,29,32). The van der Waals surface area contributed by atoms with Gasteiger partial charge in [0.25, 0.3) is 5.91 Å². The summed E-state index contributed by atoms with van der Waals surface area (Å²) in [5, 5.41) is 10.6. The first-order valence-electron chi connectivity index (χ1n) is 11.9. The molecule has 0 unspecified atom stereocenters. The Morgan fingerprint density at radius 3 is 2.42 bits per heavy atom. The lowest BCUT2D eigenvalue weighted by atomic mass is 9.90. The molecule has 180 valence electrons. The van der Waals surface area contributed by atoms with Crippen molar-refractivity contribution in [2.75, 3.05) is 6.54 Å². The number of carbonyl (C=O) groups is 2. The van der Waals surface area contributed by atoms with Crippen LogP contribution in [0.4, 0.5) is 4.79 Å². The van der Waals surface area contributed by atoms with Gasteiger partial charge < -0.3 is 15.4 Å². The molecule has 8 heteroatoms. The normalized spacial score (nSPS) is 16.2. The Balaban J connectivity index is 1.79. The van der Waals surface area contributed by atoms with Gasteiger partial charge in [-0.1, -0.05) is 45.6 Å². The number of carbonyl (C=O) groups excluding carboxylic acids is 2. The number of amides is 2. The third-order valence-electron chi connectivity index (χ3n) is 5.88. The molecule has 2 N–H and O–H groups in total. The maximum absolute atomic E-state index is 13.3. The fraction of sp³-hybridized carbons (Fsp3) is 0.600.